The maximum Gasteiger partial charge on any atom is 0.142 e. The molecule has 0 aliphatic rings. The standard InChI is InChI=1S/C10H5ClN2O/c11-10-7-5-14-13-9(7)6-3-1-2-4-8(6)12-10/h1-5H. The minimum atomic E-state index is 0.431. The summed E-state index contributed by atoms with van der Waals surface area (Å²) in [6.07, 6.45) is 1.51. The summed E-state index contributed by atoms with van der Waals surface area (Å²) in [6.45, 7) is 0. The van der Waals surface area contributed by atoms with Gasteiger partial charge in [0.15, 0.2) is 0 Å². The van der Waals surface area contributed by atoms with Gasteiger partial charge in [-0.1, -0.05) is 35.0 Å². The smallest absolute Gasteiger partial charge is 0.142 e. The second-order valence-electron chi connectivity index (χ2n) is 3.00. The maximum atomic E-state index is 5.97. The number of halogens is 1. The Morgan fingerprint density at radius 3 is 2.93 bits per heavy atom. The van der Waals surface area contributed by atoms with E-state index in [-0.39, 0.29) is 0 Å². The van der Waals surface area contributed by atoms with Crippen molar-refractivity contribution in [2.45, 2.75) is 0 Å². The first-order chi connectivity index (χ1) is 6.86. The van der Waals surface area contributed by atoms with E-state index in [1.54, 1.807) is 0 Å². The summed E-state index contributed by atoms with van der Waals surface area (Å²) < 4.78 is 4.88. The number of rotatable bonds is 0. The first kappa shape index (κ1) is 7.76. The van der Waals surface area contributed by atoms with Crippen LogP contribution in [0.4, 0.5) is 0 Å². The van der Waals surface area contributed by atoms with E-state index in [1.807, 2.05) is 24.3 Å². The molecule has 0 saturated carbocycles. The fourth-order valence-corrected chi connectivity index (χ4v) is 1.74. The predicted molar refractivity (Wildman–Crippen MR) is 54.3 cm³/mol. The molecule has 0 atom stereocenters. The van der Waals surface area contributed by atoms with Crippen molar-refractivity contribution in [1.29, 1.82) is 0 Å². The Morgan fingerprint density at radius 2 is 2.00 bits per heavy atom. The van der Waals surface area contributed by atoms with Gasteiger partial charge in [0.05, 0.1) is 10.9 Å². The van der Waals surface area contributed by atoms with Crippen LogP contribution < -0.4 is 0 Å². The number of pyridine rings is 1. The minimum Gasteiger partial charge on any atom is -0.363 e. The largest absolute Gasteiger partial charge is 0.363 e. The molecule has 1 aromatic carbocycles. The Labute approximate surface area is 84.3 Å². The summed E-state index contributed by atoms with van der Waals surface area (Å²) >= 11 is 5.97. The Morgan fingerprint density at radius 1 is 1.14 bits per heavy atom. The molecule has 4 heteroatoms. The van der Waals surface area contributed by atoms with Crippen LogP contribution in [0.5, 0.6) is 0 Å². The Balaban J connectivity index is 2.66. The highest BCUT2D eigenvalue weighted by molar-refractivity contribution is 6.35. The van der Waals surface area contributed by atoms with Crippen molar-refractivity contribution in [3.8, 4) is 0 Å². The summed E-state index contributed by atoms with van der Waals surface area (Å²) in [5.74, 6) is 0. The third kappa shape index (κ3) is 0.930. The highest BCUT2D eigenvalue weighted by Crippen LogP contribution is 2.27. The lowest BCUT2D eigenvalue weighted by Crippen LogP contribution is -1.81. The molecule has 0 fully saturated rings. The van der Waals surface area contributed by atoms with Crippen LogP contribution in [-0.2, 0) is 0 Å². The van der Waals surface area contributed by atoms with Gasteiger partial charge in [0.25, 0.3) is 0 Å². The Bertz CT molecular complexity index is 618. The normalized spacial score (nSPS) is 11.2. The van der Waals surface area contributed by atoms with E-state index in [2.05, 4.69) is 10.1 Å². The first-order valence-corrected chi connectivity index (χ1v) is 4.52. The molecule has 0 unspecified atom stereocenters. The first-order valence-electron chi connectivity index (χ1n) is 4.14. The van der Waals surface area contributed by atoms with Gasteiger partial charge >= 0.3 is 0 Å². The molecule has 0 bridgehead atoms. The number of nitrogens with zero attached hydrogens (tertiary/aromatic N) is 2. The minimum absolute atomic E-state index is 0.431. The third-order valence-electron chi connectivity index (χ3n) is 2.17. The zero-order valence-electron chi connectivity index (χ0n) is 7.07. The third-order valence-corrected chi connectivity index (χ3v) is 2.46. The van der Waals surface area contributed by atoms with Crippen molar-refractivity contribution in [2.24, 2.45) is 0 Å². The molecule has 3 rings (SSSR count). The van der Waals surface area contributed by atoms with Crippen molar-refractivity contribution in [3.63, 3.8) is 0 Å². The van der Waals surface area contributed by atoms with Gasteiger partial charge < -0.3 is 4.52 Å². The van der Waals surface area contributed by atoms with Gasteiger partial charge in [-0.25, -0.2) is 4.98 Å². The number of fused-ring (bicyclic) bond motifs is 3. The predicted octanol–water partition coefficient (Wildman–Crippen LogP) is 3.03. The van der Waals surface area contributed by atoms with Crippen molar-refractivity contribution in [3.05, 3.63) is 35.7 Å². The fourth-order valence-electron chi connectivity index (χ4n) is 1.51. The van der Waals surface area contributed by atoms with Crippen LogP contribution in [0.15, 0.2) is 35.1 Å². The summed E-state index contributed by atoms with van der Waals surface area (Å²) in [7, 11) is 0. The highest BCUT2D eigenvalue weighted by Gasteiger charge is 2.08. The monoisotopic (exact) mass is 204 g/mol. The molecule has 68 valence electrons. The molecular weight excluding hydrogens is 200 g/mol. The lowest BCUT2D eigenvalue weighted by molar-refractivity contribution is 0.428. The molecule has 0 radical (unpaired) electrons. The van der Waals surface area contributed by atoms with E-state index in [9.17, 15) is 0 Å². The van der Waals surface area contributed by atoms with Crippen molar-refractivity contribution in [1.82, 2.24) is 10.1 Å². The van der Waals surface area contributed by atoms with Gasteiger partial charge in [-0.3, -0.25) is 0 Å². The SMILES string of the molecule is Clc1nc2ccccc2c2nocc12. The van der Waals surface area contributed by atoms with E-state index in [0.717, 1.165) is 21.8 Å². The molecule has 0 aliphatic carbocycles. The van der Waals surface area contributed by atoms with Gasteiger partial charge in [-0.15, -0.1) is 0 Å². The van der Waals surface area contributed by atoms with Crippen LogP contribution in [0.1, 0.15) is 0 Å². The van der Waals surface area contributed by atoms with E-state index >= 15 is 0 Å². The van der Waals surface area contributed by atoms with Crippen LogP contribution in [-0.4, -0.2) is 10.1 Å². The lowest BCUT2D eigenvalue weighted by atomic mass is 10.2. The number of benzene rings is 1. The maximum absolute atomic E-state index is 5.97. The molecule has 3 aromatic rings. The van der Waals surface area contributed by atoms with E-state index in [4.69, 9.17) is 16.1 Å². The molecule has 0 spiro atoms. The van der Waals surface area contributed by atoms with Crippen molar-refractivity contribution in [2.75, 3.05) is 0 Å². The van der Waals surface area contributed by atoms with Gasteiger partial charge in [0.1, 0.15) is 16.9 Å². The van der Waals surface area contributed by atoms with E-state index in [0.29, 0.717) is 5.15 Å². The van der Waals surface area contributed by atoms with Crippen LogP contribution >= 0.6 is 11.6 Å². The number of hydrogen-bond donors (Lipinski definition) is 0. The molecular formula is C10H5ClN2O. The molecule has 14 heavy (non-hydrogen) atoms. The Hall–Kier alpha value is -1.61. The molecule has 2 heterocycles. The summed E-state index contributed by atoms with van der Waals surface area (Å²) in [5.41, 5.74) is 1.60. The van der Waals surface area contributed by atoms with Crippen LogP contribution in [0.25, 0.3) is 21.8 Å². The average molecular weight is 205 g/mol. The number of hydrogen-bond acceptors (Lipinski definition) is 3. The van der Waals surface area contributed by atoms with Gasteiger partial charge in [-0.2, -0.15) is 0 Å². The zero-order chi connectivity index (χ0) is 9.54. The van der Waals surface area contributed by atoms with Gasteiger partial charge in [-0.05, 0) is 6.07 Å². The molecule has 0 amide bonds. The number of aromatic nitrogens is 2. The second kappa shape index (κ2) is 2.69. The van der Waals surface area contributed by atoms with Crippen molar-refractivity contribution < 1.29 is 4.52 Å². The second-order valence-corrected chi connectivity index (χ2v) is 3.35. The molecule has 0 aliphatic heterocycles. The fraction of sp³-hybridized carbons (Fsp3) is 0. The van der Waals surface area contributed by atoms with Gasteiger partial charge in [0.2, 0.25) is 0 Å². The van der Waals surface area contributed by atoms with E-state index < -0.39 is 0 Å². The van der Waals surface area contributed by atoms with Crippen molar-refractivity contribution >= 4 is 33.4 Å². The topological polar surface area (TPSA) is 38.9 Å². The quantitative estimate of drug-likeness (QED) is 0.529. The number of para-hydroxylation sites is 1. The van der Waals surface area contributed by atoms with Crippen LogP contribution in [0.3, 0.4) is 0 Å². The lowest BCUT2D eigenvalue weighted by Gasteiger charge is -1.97. The zero-order valence-corrected chi connectivity index (χ0v) is 7.82. The molecule has 0 N–H and O–H groups in total. The van der Waals surface area contributed by atoms with Crippen LogP contribution in [0.2, 0.25) is 5.15 Å². The molecule has 2 aromatic heterocycles. The average Bonchev–Trinajstić information content (AvgIpc) is 2.67. The summed E-state index contributed by atoms with van der Waals surface area (Å²) in [6, 6.07) is 7.70. The highest BCUT2D eigenvalue weighted by atomic mass is 35.5. The molecule has 3 nitrogen and oxygen atoms in total. The summed E-state index contributed by atoms with van der Waals surface area (Å²) in [4.78, 5) is 4.24. The van der Waals surface area contributed by atoms with Crippen LogP contribution in [0, 0.1) is 0 Å². The Kier molecular flexibility index (Phi) is 1.49. The van der Waals surface area contributed by atoms with Gasteiger partial charge in [0, 0.05) is 5.39 Å². The molecule has 0 saturated heterocycles. The summed E-state index contributed by atoms with van der Waals surface area (Å²) in [5, 5.41) is 6.05. The van der Waals surface area contributed by atoms with E-state index in [1.165, 1.54) is 6.26 Å².